The lowest BCUT2D eigenvalue weighted by Gasteiger charge is -2.26. The van der Waals surface area contributed by atoms with Gasteiger partial charge in [-0.3, -0.25) is 4.79 Å². The Morgan fingerprint density at radius 3 is 2.39 bits per heavy atom. The van der Waals surface area contributed by atoms with Crippen LogP contribution in [0.2, 0.25) is 0 Å². The second kappa shape index (κ2) is 9.63. The van der Waals surface area contributed by atoms with Gasteiger partial charge in [0.2, 0.25) is 0 Å². The van der Waals surface area contributed by atoms with E-state index < -0.39 is 42.3 Å². The van der Waals surface area contributed by atoms with Gasteiger partial charge in [-0.1, -0.05) is 12.1 Å². The third kappa shape index (κ3) is 8.94. The van der Waals surface area contributed by atoms with Gasteiger partial charge >= 0.3 is 12.3 Å². The lowest BCUT2D eigenvalue weighted by Crippen LogP contribution is -2.53. The van der Waals surface area contributed by atoms with Gasteiger partial charge in [0, 0.05) is 6.54 Å². The first-order valence-electron chi connectivity index (χ1n) is 8.45. The number of carbonyl (C=O) groups is 2. The van der Waals surface area contributed by atoms with E-state index in [-0.39, 0.29) is 6.54 Å². The number of benzene rings is 1. The Bertz CT molecular complexity index is 674. The van der Waals surface area contributed by atoms with E-state index in [2.05, 4.69) is 5.32 Å². The number of halogens is 3. The fourth-order valence-corrected chi connectivity index (χ4v) is 2.21. The summed E-state index contributed by atoms with van der Waals surface area (Å²) in [6.07, 6.45) is -9.60. The molecule has 7 nitrogen and oxygen atoms in total. The number of ether oxygens (including phenoxy) is 2. The topological polar surface area (TPSA) is 96.9 Å². The number of carbonyl (C=O) groups excluding carboxylic acids is 2. The molecule has 0 heterocycles. The van der Waals surface area contributed by atoms with Crippen molar-refractivity contribution in [2.75, 3.05) is 7.11 Å². The zero-order valence-electron chi connectivity index (χ0n) is 16.1. The van der Waals surface area contributed by atoms with Crippen molar-refractivity contribution in [3.05, 3.63) is 29.8 Å². The first-order valence-corrected chi connectivity index (χ1v) is 8.45. The number of nitrogens with one attached hydrogen (secondary N) is 2. The van der Waals surface area contributed by atoms with Crippen LogP contribution in [0.5, 0.6) is 5.75 Å². The number of rotatable bonds is 7. The Kier molecular flexibility index (Phi) is 8.10. The highest BCUT2D eigenvalue weighted by molar-refractivity contribution is 5.82. The zero-order valence-corrected chi connectivity index (χ0v) is 16.1. The molecule has 0 spiro atoms. The van der Waals surface area contributed by atoms with Gasteiger partial charge in [0.15, 0.2) is 6.10 Å². The molecule has 0 aromatic heterocycles. The molecule has 158 valence electrons. The molecule has 0 bridgehead atoms. The molecule has 2 atom stereocenters. The summed E-state index contributed by atoms with van der Waals surface area (Å²) in [5, 5.41) is 14.3. The van der Waals surface area contributed by atoms with Crippen LogP contribution < -0.4 is 15.4 Å². The fraction of sp³-hybridized carbons (Fsp3) is 0.556. The zero-order chi connectivity index (χ0) is 21.5. The average molecular weight is 406 g/mol. The van der Waals surface area contributed by atoms with Crippen LogP contribution in [0.25, 0.3) is 0 Å². The molecule has 0 fully saturated rings. The van der Waals surface area contributed by atoms with Crippen molar-refractivity contribution in [3.63, 3.8) is 0 Å². The number of alkyl halides is 3. The van der Waals surface area contributed by atoms with E-state index in [0.717, 1.165) is 0 Å². The number of alkyl carbamates (subject to hydrolysis) is 1. The predicted molar refractivity (Wildman–Crippen MR) is 94.7 cm³/mol. The lowest BCUT2D eigenvalue weighted by atomic mass is 10.1. The molecule has 10 heteroatoms. The number of amides is 2. The first kappa shape index (κ1) is 23.5. The Hall–Kier alpha value is -2.49. The molecule has 1 aromatic carbocycles. The molecule has 28 heavy (non-hydrogen) atoms. The van der Waals surface area contributed by atoms with E-state index in [9.17, 15) is 27.9 Å². The van der Waals surface area contributed by atoms with Crippen LogP contribution in [0.3, 0.4) is 0 Å². The molecule has 0 radical (unpaired) electrons. The number of methoxy groups -OCH3 is 1. The Morgan fingerprint density at radius 2 is 1.86 bits per heavy atom. The minimum Gasteiger partial charge on any atom is -0.497 e. The second-order valence-corrected chi connectivity index (χ2v) is 7.09. The molecule has 1 rings (SSSR count). The molecule has 2 amide bonds. The Balaban J connectivity index is 2.78. The molecule has 3 N–H and O–H groups in total. The summed E-state index contributed by atoms with van der Waals surface area (Å²) in [5.41, 5.74) is -0.334. The summed E-state index contributed by atoms with van der Waals surface area (Å²) >= 11 is 0. The molecule has 0 aliphatic heterocycles. The van der Waals surface area contributed by atoms with Crippen molar-refractivity contribution < 1.29 is 37.3 Å². The van der Waals surface area contributed by atoms with Crippen LogP contribution in [0.15, 0.2) is 24.3 Å². The van der Waals surface area contributed by atoms with E-state index in [1.807, 2.05) is 5.32 Å². The van der Waals surface area contributed by atoms with Crippen molar-refractivity contribution in [2.45, 2.75) is 57.7 Å². The molecule has 0 saturated carbocycles. The Labute approximate surface area is 161 Å². The number of hydrogen-bond donors (Lipinski definition) is 3. The van der Waals surface area contributed by atoms with E-state index in [4.69, 9.17) is 9.47 Å². The van der Waals surface area contributed by atoms with Crippen LogP contribution in [-0.4, -0.2) is 48.1 Å². The van der Waals surface area contributed by atoms with Crippen molar-refractivity contribution in [1.82, 2.24) is 10.6 Å². The highest BCUT2D eigenvalue weighted by Crippen LogP contribution is 2.23. The monoisotopic (exact) mass is 406 g/mol. The molecule has 0 saturated heterocycles. The van der Waals surface area contributed by atoms with Crippen LogP contribution in [0.4, 0.5) is 18.0 Å². The maximum absolute atomic E-state index is 12.8. The number of hydrogen-bond acceptors (Lipinski definition) is 5. The first-order chi connectivity index (χ1) is 12.8. The van der Waals surface area contributed by atoms with Crippen molar-refractivity contribution >= 4 is 12.0 Å². The summed E-state index contributed by atoms with van der Waals surface area (Å²) in [5.74, 6) is -0.526. The molecular weight excluding hydrogens is 381 g/mol. The standard InChI is InChI=1S/C18H25F3N2O5/c1-17(2,3)28-16(26)23-13(9-18(19,20)21)14(24)15(25)22-10-11-6-5-7-12(8-11)27-4/h5-8,13-14,24H,9-10H2,1-4H3,(H,22,25)(H,23,26). The van der Waals surface area contributed by atoms with Gasteiger partial charge in [0.25, 0.3) is 5.91 Å². The van der Waals surface area contributed by atoms with Gasteiger partial charge in [0.1, 0.15) is 11.4 Å². The molecule has 0 aliphatic carbocycles. The van der Waals surface area contributed by atoms with Gasteiger partial charge in [-0.2, -0.15) is 13.2 Å². The van der Waals surface area contributed by atoms with Crippen LogP contribution in [0, 0.1) is 0 Å². The minimum absolute atomic E-state index is 0.0434. The maximum Gasteiger partial charge on any atom is 0.407 e. The normalized spacial score (nSPS) is 14.0. The number of aliphatic hydroxyl groups is 1. The number of aliphatic hydroxyl groups excluding tert-OH is 1. The van der Waals surface area contributed by atoms with Crippen molar-refractivity contribution in [1.29, 1.82) is 0 Å². The fourth-order valence-electron chi connectivity index (χ4n) is 2.21. The maximum atomic E-state index is 12.8. The van der Waals surface area contributed by atoms with Gasteiger partial charge in [0.05, 0.1) is 19.6 Å². The second-order valence-electron chi connectivity index (χ2n) is 7.09. The third-order valence-electron chi connectivity index (χ3n) is 3.40. The van der Waals surface area contributed by atoms with Crippen LogP contribution in [0.1, 0.15) is 32.8 Å². The predicted octanol–water partition coefficient (Wildman–Crippen LogP) is 2.52. The van der Waals surface area contributed by atoms with Crippen LogP contribution >= 0.6 is 0 Å². The highest BCUT2D eigenvalue weighted by atomic mass is 19.4. The quantitative estimate of drug-likeness (QED) is 0.647. The third-order valence-corrected chi connectivity index (χ3v) is 3.40. The van der Waals surface area contributed by atoms with Crippen molar-refractivity contribution in [3.8, 4) is 5.75 Å². The summed E-state index contributed by atoms with van der Waals surface area (Å²) in [6, 6.07) is 4.75. The molecule has 0 aliphatic rings. The molecule has 1 aromatic rings. The van der Waals surface area contributed by atoms with Gasteiger partial charge in [-0.25, -0.2) is 4.79 Å². The van der Waals surface area contributed by atoms with Crippen molar-refractivity contribution in [2.24, 2.45) is 0 Å². The van der Waals surface area contributed by atoms with Gasteiger partial charge in [-0.05, 0) is 38.5 Å². The van der Waals surface area contributed by atoms with Crippen LogP contribution in [-0.2, 0) is 16.1 Å². The van der Waals surface area contributed by atoms with Gasteiger partial charge in [-0.15, -0.1) is 0 Å². The highest BCUT2D eigenvalue weighted by Gasteiger charge is 2.39. The van der Waals surface area contributed by atoms with E-state index >= 15 is 0 Å². The summed E-state index contributed by atoms with van der Waals surface area (Å²) < 4.78 is 48.3. The summed E-state index contributed by atoms with van der Waals surface area (Å²) in [7, 11) is 1.46. The Morgan fingerprint density at radius 1 is 1.21 bits per heavy atom. The SMILES string of the molecule is COc1cccc(CNC(=O)C(O)C(CC(F)(F)F)NC(=O)OC(C)(C)C)c1. The van der Waals surface area contributed by atoms with E-state index in [0.29, 0.717) is 11.3 Å². The lowest BCUT2D eigenvalue weighted by molar-refractivity contribution is -0.151. The smallest absolute Gasteiger partial charge is 0.407 e. The minimum atomic E-state index is -4.71. The summed E-state index contributed by atoms with van der Waals surface area (Å²) in [4.78, 5) is 23.9. The molecule has 2 unspecified atom stereocenters. The van der Waals surface area contributed by atoms with Gasteiger partial charge < -0.3 is 25.2 Å². The van der Waals surface area contributed by atoms with E-state index in [1.165, 1.54) is 27.9 Å². The molecular formula is C18H25F3N2O5. The van der Waals surface area contributed by atoms with E-state index in [1.54, 1.807) is 24.3 Å². The summed E-state index contributed by atoms with van der Waals surface area (Å²) in [6.45, 7) is 4.55. The largest absolute Gasteiger partial charge is 0.497 e. The average Bonchev–Trinajstić information content (AvgIpc) is 2.55.